The van der Waals surface area contributed by atoms with Crippen molar-refractivity contribution in [1.82, 2.24) is 0 Å². The summed E-state index contributed by atoms with van der Waals surface area (Å²) in [6, 6.07) is 7.89. The van der Waals surface area contributed by atoms with Crippen LogP contribution in [0.4, 0.5) is 5.69 Å². The molecule has 2 N–H and O–H groups in total. The van der Waals surface area contributed by atoms with E-state index in [1.165, 1.54) is 4.90 Å². The number of nitrogens with two attached hydrogens (primary N) is 1. The van der Waals surface area contributed by atoms with Crippen LogP contribution in [0.15, 0.2) is 41.8 Å². The zero-order valence-electron chi connectivity index (χ0n) is 7.16. The summed E-state index contributed by atoms with van der Waals surface area (Å²) >= 11 is 1.76. The van der Waals surface area contributed by atoms with Crippen LogP contribution in [0.5, 0.6) is 0 Å². The molecule has 0 aromatic heterocycles. The zero-order chi connectivity index (χ0) is 8.97. The highest BCUT2D eigenvalue weighted by molar-refractivity contribution is 8.00. The van der Waals surface area contributed by atoms with E-state index in [-0.39, 0.29) is 0 Å². The SMILES string of the molecule is C=CC(C)Sc1cccc(N)c1. The fraction of sp³-hybridized carbons (Fsp3) is 0.200. The molecule has 2 heteroatoms. The first kappa shape index (κ1) is 9.20. The third-order valence-electron chi connectivity index (χ3n) is 1.51. The second-order valence-electron chi connectivity index (χ2n) is 2.63. The molecular formula is C10H13NS. The van der Waals surface area contributed by atoms with Crippen molar-refractivity contribution in [2.24, 2.45) is 0 Å². The molecule has 0 fully saturated rings. The lowest BCUT2D eigenvalue weighted by Gasteiger charge is -2.05. The minimum absolute atomic E-state index is 0.437. The van der Waals surface area contributed by atoms with E-state index < -0.39 is 0 Å². The minimum atomic E-state index is 0.437. The van der Waals surface area contributed by atoms with E-state index in [1.54, 1.807) is 11.8 Å². The average molecular weight is 179 g/mol. The van der Waals surface area contributed by atoms with E-state index in [1.807, 2.05) is 24.3 Å². The van der Waals surface area contributed by atoms with Crippen LogP contribution < -0.4 is 5.73 Å². The van der Waals surface area contributed by atoms with Crippen molar-refractivity contribution in [3.63, 3.8) is 0 Å². The molecule has 0 aliphatic carbocycles. The van der Waals surface area contributed by atoms with Gasteiger partial charge in [0.25, 0.3) is 0 Å². The van der Waals surface area contributed by atoms with E-state index in [0.29, 0.717) is 5.25 Å². The lowest BCUT2D eigenvalue weighted by atomic mass is 10.3. The van der Waals surface area contributed by atoms with Crippen molar-refractivity contribution >= 4 is 17.4 Å². The van der Waals surface area contributed by atoms with Gasteiger partial charge in [0.05, 0.1) is 0 Å². The predicted octanol–water partition coefficient (Wildman–Crippen LogP) is 2.94. The summed E-state index contributed by atoms with van der Waals surface area (Å²) in [5, 5.41) is 0.437. The molecule has 64 valence electrons. The van der Waals surface area contributed by atoms with Gasteiger partial charge < -0.3 is 5.73 Å². The predicted molar refractivity (Wildman–Crippen MR) is 56.4 cm³/mol. The zero-order valence-corrected chi connectivity index (χ0v) is 7.97. The van der Waals surface area contributed by atoms with Crippen LogP contribution in [0.2, 0.25) is 0 Å². The van der Waals surface area contributed by atoms with Crippen LogP contribution in [0.1, 0.15) is 6.92 Å². The summed E-state index contributed by atoms with van der Waals surface area (Å²) in [6.07, 6.45) is 1.92. The molecule has 1 nitrogen and oxygen atoms in total. The Balaban J connectivity index is 2.69. The van der Waals surface area contributed by atoms with E-state index in [4.69, 9.17) is 5.73 Å². The molecule has 1 unspecified atom stereocenters. The lowest BCUT2D eigenvalue weighted by Crippen LogP contribution is -1.89. The summed E-state index contributed by atoms with van der Waals surface area (Å²) in [6.45, 7) is 5.84. The molecule has 0 saturated heterocycles. The number of benzene rings is 1. The third-order valence-corrected chi connectivity index (χ3v) is 2.60. The molecule has 1 rings (SSSR count). The maximum Gasteiger partial charge on any atom is 0.0325 e. The molecule has 0 spiro atoms. The molecule has 0 aliphatic heterocycles. The van der Waals surface area contributed by atoms with Crippen LogP contribution >= 0.6 is 11.8 Å². The fourth-order valence-corrected chi connectivity index (χ4v) is 1.74. The van der Waals surface area contributed by atoms with Gasteiger partial charge in [-0.05, 0) is 25.1 Å². The van der Waals surface area contributed by atoms with Crippen LogP contribution in [-0.2, 0) is 0 Å². The van der Waals surface area contributed by atoms with Gasteiger partial charge in [0, 0.05) is 15.8 Å². The molecule has 12 heavy (non-hydrogen) atoms. The summed E-state index contributed by atoms with van der Waals surface area (Å²) in [5.74, 6) is 0. The summed E-state index contributed by atoms with van der Waals surface area (Å²) in [7, 11) is 0. The standard InChI is InChI=1S/C10H13NS/c1-3-8(2)12-10-6-4-5-9(11)7-10/h3-8H,1,11H2,2H3. The Morgan fingerprint density at radius 2 is 2.33 bits per heavy atom. The summed E-state index contributed by atoms with van der Waals surface area (Å²) < 4.78 is 0. The van der Waals surface area contributed by atoms with Gasteiger partial charge in [0.15, 0.2) is 0 Å². The first-order valence-corrected chi connectivity index (χ1v) is 4.75. The Labute approximate surface area is 77.7 Å². The van der Waals surface area contributed by atoms with Crippen LogP contribution in [0, 0.1) is 0 Å². The Kier molecular flexibility index (Phi) is 3.23. The molecule has 1 atom stereocenters. The van der Waals surface area contributed by atoms with Gasteiger partial charge >= 0.3 is 0 Å². The smallest absolute Gasteiger partial charge is 0.0325 e. The van der Waals surface area contributed by atoms with Crippen LogP contribution in [0.25, 0.3) is 0 Å². The van der Waals surface area contributed by atoms with Crippen LogP contribution in [-0.4, -0.2) is 5.25 Å². The minimum Gasteiger partial charge on any atom is -0.399 e. The number of hydrogen-bond donors (Lipinski definition) is 1. The number of hydrogen-bond acceptors (Lipinski definition) is 2. The monoisotopic (exact) mass is 179 g/mol. The topological polar surface area (TPSA) is 26.0 Å². The van der Waals surface area contributed by atoms with E-state index in [9.17, 15) is 0 Å². The highest BCUT2D eigenvalue weighted by Gasteiger charge is 1.98. The molecular weight excluding hydrogens is 166 g/mol. The highest BCUT2D eigenvalue weighted by Crippen LogP contribution is 2.24. The van der Waals surface area contributed by atoms with Crippen molar-refractivity contribution < 1.29 is 0 Å². The fourth-order valence-electron chi connectivity index (χ4n) is 0.851. The quantitative estimate of drug-likeness (QED) is 0.438. The lowest BCUT2D eigenvalue weighted by molar-refractivity contribution is 1.24. The molecule has 0 bridgehead atoms. The van der Waals surface area contributed by atoms with Gasteiger partial charge in [0.1, 0.15) is 0 Å². The second kappa shape index (κ2) is 4.21. The Bertz CT molecular complexity index is 270. The molecule has 0 radical (unpaired) electrons. The summed E-state index contributed by atoms with van der Waals surface area (Å²) in [5.41, 5.74) is 6.45. The Morgan fingerprint density at radius 1 is 1.58 bits per heavy atom. The first-order valence-electron chi connectivity index (χ1n) is 3.87. The van der Waals surface area contributed by atoms with Crippen molar-refractivity contribution in [2.75, 3.05) is 5.73 Å². The van der Waals surface area contributed by atoms with Gasteiger partial charge in [-0.2, -0.15) is 0 Å². The Hall–Kier alpha value is -0.890. The van der Waals surface area contributed by atoms with Gasteiger partial charge in [-0.25, -0.2) is 0 Å². The normalized spacial score (nSPS) is 12.4. The van der Waals surface area contributed by atoms with Crippen molar-refractivity contribution in [2.45, 2.75) is 17.1 Å². The highest BCUT2D eigenvalue weighted by atomic mass is 32.2. The summed E-state index contributed by atoms with van der Waals surface area (Å²) in [4.78, 5) is 1.20. The maximum absolute atomic E-state index is 5.64. The molecule has 1 aromatic rings. The number of thioether (sulfide) groups is 1. The average Bonchev–Trinajstić information content (AvgIpc) is 2.04. The van der Waals surface area contributed by atoms with E-state index in [2.05, 4.69) is 19.6 Å². The van der Waals surface area contributed by atoms with E-state index >= 15 is 0 Å². The van der Waals surface area contributed by atoms with Crippen LogP contribution in [0.3, 0.4) is 0 Å². The number of anilines is 1. The van der Waals surface area contributed by atoms with Gasteiger partial charge in [-0.3, -0.25) is 0 Å². The van der Waals surface area contributed by atoms with Gasteiger partial charge in [-0.1, -0.05) is 12.1 Å². The van der Waals surface area contributed by atoms with Crippen molar-refractivity contribution in [1.29, 1.82) is 0 Å². The molecule has 1 aromatic carbocycles. The second-order valence-corrected chi connectivity index (χ2v) is 4.08. The van der Waals surface area contributed by atoms with E-state index in [0.717, 1.165) is 5.69 Å². The van der Waals surface area contributed by atoms with Crippen molar-refractivity contribution in [3.05, 3.63) is 36.9 Å². The Morgan fingerprint density at radius 3 is 2.92 bits per heavy atom. The molecule has 0 heterocycles. The molecule has 0 saturated carbocycles. The molecule has 0 aliphatic rings. The third kappa shape index (κ3) is 2.62. The number of rotatable bonds is 3. The maximum atomic E-state index is 5.64. The van der Waals surface area contributed by atoms with Crippen molar-refractivity contribution in [3.8, 4) is 0 Å². The largest absolute Gasteiger partial charge is 0.399 e. The first-order chi connectivity index (χ1) is 5.72. The van der Waals surface area contributed by atoms with Gasteiger partial charge in [-0.15, -0.1) is 18.3 Å². The molecule has 0 amide bonds. The van der Waals surface area contributed by atoms with Gasteiger partial charge in [0.2, 0.25) is 0 Å². The number of nitrogen functional groups attached to an aromatic ring is 1.